The van der Waals surface area contributed by atoms with Gasteiger partial charge in [0.1, 0.15) is 11.6 Å². The number of hydrogen-bond donors (Lipinski definition) is 1. The second-order valence-electron chi connectivity index (χ2n) is 10.4. The predicted molar refractivity (Wildman–Crippen MR) is 146 cm³/mol. The van der Waals surface area contributed by atoms with Crippen LogP contribution < -0.4 is 4.90 Å². The van der Waals surface area contributed by atoms with Gasteiger partial charge in [0.25, 0.3) is 0 Å². The highest BCUT2D eigenvalue weighted by Gasteiger charge is 2.39. The van der Waals surface area contributed by atoms with E-state index >= 15 is 0 Å². The molecule has 0 unspecified atom stereocenters. The molecule has 0 saturated carbocycles. The van der Waals surface area contributed by atoms with Crippen LogP contribution in [0.3, 0.4) is 0 Å². The van der Waals surface area contributed by atoms with Gasteiger partial charge in [-0.2, -0.15) is 5.26 Å². The largest absolute Gasteiger partial charge is 0.477 e. The molecule has 3 aromatic carbocycles. The van der Waals surface area contributed by atoms with Gasteiger partial charge < -0.3 is 10.0 Å². The Balaban J connectivity index is 1.55. The molecular weight excluding hydrogens is 444 g/mol. The number of anilines is 2. The molecule has 1 heterocycles. The molecule has 5 rings (SSSR count). The van der Waals surface area contributed by atoms with Gasteiger partial charge in [0, 0.05) is 23.3 Å². The lowest BCUT2D eigenvalue weighted by molar-refractivity contribution is -0.132. The van der Waals surface area contributed by atoms with Crippen molar-refractivity contribution in [1.29, 1.82) is 5.26 Å². The van der Waals surface area contributed by atoms with Crippen LogP contribution in [0, 0.1) is 11.3 Å². The topological polar surface area (TPSA) is 64.3 Å². The van der Waals surface area contributed by atoms with E-state index in [1.54, 1.807) is 6.07 Å². The highest BCUT2D eigenvalue weighted by atomic mass is 16.4. The number of hydrogen-bond acceptors (Lipinski definition) is 3. The first-order chi connectivity index (χ1) is 17.3. The number of carboxylic acid groups (broad SMARTS) is 1. The third kappa shape index (κ3) is 3.99. The average molecular weight is 477 g/mol. The van der Waals surface area contributed by atoms with Crippen molar-refractivity contribution < 1.29 is 9.90 Å². The number of carboxylic acids is 1. The van der Waals surface area contributed by atoms with Crippen LogP contribution in [0.4, 0.5) is 11.4 Å². The van der Waals surface area contributed by atoms with E-state index in [0.29, 0.717) is 0 Å². The zero-order valence-electron chi connectivity index (χ0n) is 21.3. The van der Waals surface area contributed by atoms with E-state index in [1.807, 2.05) is 6.07 Å². The number of nitrogens with zero attached hydrogens (tertiary/aromatic N) is 2. The molecule has 0 aromatic heterocycles. The van der Waals surface area contributed by atoms with Gasteiger partial charge in [-0.05, 0) is 88.9 Å². The van der Waals surface area contributed by atoms with Gasteiger partial charge in [0.15, 0.2) is 0 Å². The number of carbonyl (C=O) groups is 1. The summed E-state index contributed by atoms with van der Waals surface area (Å²) in [4.78, 5) is 13.8. The van der Waals surface area contributed by atoms with E-state index in [0.717, 1.165) is 31.4 Å². The second kappa shape index (κ2) is 9.32. The number of nitriles is 1. The van der Waals surface area contributed by atoms with Crippen molar-refractivity contribution in [2.45, 2.75) is 58.3 Å². The molecule has 0 bridgehead atoms. The van der Waals surface area contributed by atoms with E-state index in [9.17, 15) is 15.2 Å². The fourth-order valence-corrected chi connectivity index (χ4v) is 5.95. The Hall–Kier alpha value is -3.84. The molecule has 1 aliphatic carbocycles. The molecule has 36 heavy (non-hydrogen) atoms. The first-order valence-corrected chi connectivity index (χ1v) is 12.9. The van der Waals surface area contributed by atoms with Gasteiger partial charge in [0.2, 0.25) is 0 Å². The molecule has 1 N–H and O–H groups in total. The van der Waals surface area contributed by atoms with Gasteiger partial charge in [0.05, 0.1) is 0 Å². The van der Waals surface area contributed by atoms with Crippen molar-refractivity contribution >= 4 is 23.4 Å². The molecule has 0 spiro atoms. The molecular formula is C32H32N2O2. The van der Waals surface area contributed by atoms with E-state index in [4.69, 9.17) is 0 Å². The van der Waals surface area contributed by atoms with Crippen molar-refractivity contribution in [3.63, 3.8) is 0 Å². The molecule has 4 nitrogen and oxygen atoms in total. The third-order valence-corrected chi connectivity index (χ3v) is 7.75. The molecule has 4 heteroatoms. The highest BCUT2D eigenvalue weighted by molar-refractivity contribution is 5.97. The molecule has 2 aliphatic rings. The average Bonchev–Trinajstić information content (AvgIpc) is 3.12. The minimum atomic E-state index is -1.20. The maximum atomic E-state index is 11.4. The summed E-state index contributed by atoms with van der Waals surface area (Å²) >= 11 is 0. The van der Waals surface area contributed by atoms with E-state index in [2.05, 4.69) is 74.2 Å². The fourth-order valence-electron chi connectivity index (χ4n) is 5.95. The van der Waals surface area contributed by atoms with Crippen molar-refractivity contribution in [1.82, 2.24) is 0 Å². The Morgan fingerprint density at radius 1 is 1.11 bits per heavy atom. The molecule has 1 aliphatic heterocycles. The molecule has 0 radical (unpaired) electrons. The Morgan fingerprint density at radius 2 is 1.86 bits per heavy atom. The maximum Gasteiger partial charge on any atom is 0.346 e. The van der Waals surface area contributed by atoms with Crippen LogP contribution in [-0.4, -0.2) is 17.6 Å². The number of unbranched alkanes of at least 4 members (excludes halogenated alkanes) is 1. The Labute approximate surface area is 213 Å². The van der Waals surface area contributed by atoms with E-state index in [1.165, 1.54) is 63.7 Å². The second-order valence-corrected chi connectivity index (χ2v) is 10.4. The minimum absolute atomic E-state index is 0.219. The van der Waals surface area contributed by atoms with Crippen molar-refractivity contribution in [2.75, 3.05) is 11.4 Å². The lowest BCUT2D eigenvalue weighted by atomic mass is 9.77. The van der Waals surface area contributed by atoms with Crippen LogP contribution in [0.25, 0.3) is 17.2 Å². The number of aliphatic carboxylic acids is 1. The van der Waals surface area contributed by atoms with Gasteiger partial charge in [-0.3, -0.25) is 0 Å². The smallest absolute Gasteiger partial charge is 0.346 e. The van der Waals surface area contributed by atoms with Crippen LogP contribution in [0.2, 0.25) is 0 Å². The van der Waals surface area contributed by atoms with E-state index < -0.39 is 5.97 Å². The van der Waals surface area contributed by atoms with Crippen LogP contribution in [0.5, 0.6) is 0 Å². The van der Waals surface area contributed by atoms with E-state index in [-0.39, 0.29) is 11.0 Å². The number of aryl methyl sites for hydroxylation is 1. The first kappa shape index (κ1) is 23.9. The van der Waals surface area contributed by atoms with Crippen molar-refractivity contribution in [2.24, 2.45) is 0 Å². The molecule has 182 valence electrons. The monoisotopic (exact) mass is 476 g/mol. The number of fused-ring (bicyclic) bond motifs is 5. The van der Waals surface area contributed by atoms with Crippen LogP contribution in [0.1, 0.15) is 67.9 Å². The number of benzene rings is 3. The molecule has 0 amide bonds. The van der Waals surface area contributed by atoms with Gasteiger partial charge in [-0.25, -0.2) is 4.79 Å². The summed E-state index contributed by atoms with van der Waals surface area (Å²) < 4.78 is 0. The van der Waals surface area contributed by atoms with Gasteiger partial charge >= 0.3 is 5.97 Å². The first-order valence-electron chi connectivity index (χ1n) is 12.9. The maximum absolute atomic E-state index is 11.4. The van der Waals surface area contributed by atoms with Crippen molar-refractivity contribution in [3.05, 3.63) is 88.0 Å². The minimum Gasteiger partial charge on any atom is -0.477 e. The summed E-state index contributed by atoms with van der Waals surface area (Å²) in [5.41, 5.74) is 10.6. The lowest BCUT2D eigenvalue weighted by Crippen LogP contribution is -2.27. The molecule has 0 saturated heterocycles. The van der Waals surface area contributed by atoms with Gasteiger partial charge in [-0.15, -0.1) is 0 Å². The molecule has 3 aromatic rings. The quantitative estimate of drug-likeness (QED) is 0.297. The zero-order valence-corrected chi connectivity index (χ0v) is 21.3. The summed E-state index contributed by atoms with van der Waals surface area (Å²) in [5.74, 6) is -1.20. The summed E-state index contributed by atoms with van der Waals surface area (Å²) in [5, 5.41) is 18.5. The summed E-state index contributed by atoms with van der Waals surface area (Å²) in [6, 6.07) is 21.4. The Kier molecular flexibility index (Phi) is 6.18. The highest BCUT2D eigenvalue weighted by Crippen LogP contribution is 2.53. The van der Waals surface area contributed by atoms with Crippen LogP contribution >= 0.6 is 0 Å². The summed E-state index contributed by atoms with van der Waals surface area (Å²) in [6.45, 7) is 7.76. The Morgan fingerprint density at radius 3 is 2.56 bits per heavy atom. The third-order valence-electron chi connectivity index (χ3n) is 7.75. The summed E-state index contributed by atoms with van der Waals surface area (Å²) in [6.07, 6.45) is 7.17. The van der Waals surface area contributed by atoms with Crippen LogP contribution in [-0.2, 0) is 23.1 Å². The SMILES string of the molecule is CCCCc1ccc(N2CCCc3c2ccc2c3C(C)(C)c3cc(/C=C(\C#N)C(=O)O)ccc3-2)cc1. The predicted octanol–water partition coefficient (Wildman–Crippen LogP) is 7.41. The summed E-state index contributed by atoms with van der Waals surface area (Å²) in [7, 11) is 0. The van der Waals surface area contributed by atoms with Gasteiger partial charge in [-0.1, -0.05) is 63.6 Å². The standard InChI is InChI=1S/C32H32N2O2/c1-4-5-7-21-9-12-24(13-10-21)34-17-6-8-27-29(34)16-15-26-25-14-11-22(18-23(20-33)31(35)36)19-28(25)32(2,3)30(26)27/h9-16,18-19H,4-8,17H2,1-3H3,(H,35,36)/b23-18+. The fraction of sp³-hybridized carbons (Fsp3) is 0.312. The number of rotatable bonds is 6. The van der Waals surface area contributed by atoms with Crippen LogP contribution in [0.15, 0.2) is 60.2 Å². The van der Waals surface area contributed by atoms with Crippen molar-refractivity contribution in [3.8, 4) is 17.2 Å². The normalized spacial score (nSPS) is 15.6. The molecule has 0 fully saturated rings. The lowest BCUT2D eigenvalue weighted by Gasteiger charge is -2.35. The zero-order chi connectivity index (χ0) is 25.4. The molecule has 0 atom stereocenters. The Bertz CT molecular complexity index is 1410.